The fourth-order valence-electron chi connectivity index (χ4n) is 2.35. The molecule has 0 atom stereocenters. The molecule has 0 amide bonds. The number of hydrogen-bond acceptors (Lipinski definition) is 4. The lowest BCUT2D eigenvalue weighted by atomic mass is 9.85. The number of nitrogens with one attached hydrogen (secondary N) is 1. The summed E-state index contributed by atoms with van der Waals surface area (Å²) in [4.78, 5) is 1.38. The second-order valence-electron chi connectivity index (χ2n) is 4.99. The van der Waals surface area contributed by atoms with Crippen LogP contribution in [0.15, 0.2) is 16.3 Å². The molecule has 2 rings (SSSR count). The Morgan fingerprint density at radius 3 is 2.74 bits per heavy atom. The van der Waals surface area contributed by atoms with Gasteiger partial charge in [0.25, 0.3) is 0 Å². The van der Waals surface area contributed by atoms with Crippen LogP contribution in [0.25, 0.3) is 0 Å². The molecule has 4 nitrogen and oxygen atoms in total. The van der Waals surface area contributed by atoms with Gasteiger partial charge in [0, 0.05) is 24.5 Å². The first-order valence-corrected chi connectivity index (χ1v) is 9.12. The van der Waals surface area contributed by atoms with Crippen molar-refractivity contribution in [1.29, 1.82) is 0 Å². The minimum Gasteiger partial charge on any atom is -0.315 e. The van der Waals surface area contributed by atoms with Gasteiger partial charge >= 0.3 is 0 Å². The lowest BCUT2D eigenvalue weighted by Crippen LogP contribution is -2.37. The Morgan fingerprint density at radius 1 is 1.47 bits per heavy atom. The second kappa shape index (κ2) is 6.35. The van der Waals surface area contributed by atoms with E-state index in [4.69, 9.17) is 0 Å². The molecule has 0 radical (unpaired) electrons. The van der Waals surface area contributed by atoms with Crippen molar-refractivity contribution >= 4 is 21.4 Å². The van der Waals surface area contributed by atoms with Gasteiger partial charge in [0.1, 0.15) is 0 Å². The molecule has 1 aliphatic rings. The van der Waals surface area contributed by atoms with Crippen LogP contribution in [0.5, 0.6) is 0 Å². The molecule has 1 saturated carbocycles. The van der Waals surface area contributed by atoms with E-state index >= 15 is 0 Å². The molecule has 0 unspecified atom stereocenters. The Balaban J connectivity index is 2.20. The maximum absolute atomic E-state index is 12.7. The summed E-state index contributed by atoms with van der Waals surface area (Å²) in [6, 6.07) is 1.73. The summed E-state index contributed by atoms with van der Waals surface area (Å²) in [6.45, 7) is 3.74. The third kappa shape index (κ3) is 3.18. The maximum atomic E-state index is 12.7. The number of sulfonamides is 1. The quantitative estimate of drug-likeness (QED) is 0.840. The molecule has 19 heavy (non-hydrogen) atoms. The van der Waals surface area contributed by atoms with E-state index in [0.717, 1.165) is 4.88 Å². The summed E-state index contributed by atoms with van der Waals surface area (Å²) >= 11 is 1.50. The zero-order valence-corrected chi connectivity index (χ0v) is 13.2. The van der Waals surface area contributed by atoms with Crippen molar-refractivity contribution in [2.24, 2.45) is 5.92 Å². The fraction of sp³-hybridized carbons (Fsp3) is 0.692. The molecular weight excluding hydrogens is 280 g/mol. The Labute approximate surface area is 119 Å². The van der Waals surface area contributed by atoms with Gasteiger partial charge in [-0.05, 0) is 37.3 Å². The summed E-state index contributed by atoms with van der Waals surface area (Å²) in [5, 5.41) is 4.89. The van der Waals surface area contributed by atoms with Gasteiger partial charge in [-0.2, -0.15) is 4.31 Å². The zero-order chi connectivity index (χ0) is 13.9. The zero-order valence-electron chi connectivity index (χ0n) is 11.6. The predicted octanol–water partition coefficient (Wildman–Crippen LogP) is 2.28. The van der Waals surface area contributed by atoms with E-state index in [1.165, 1.54) is 30.6 Å². The molecule has 0 aliphatic heterocycles. The van der Waals surface area contributed by atoms with E-state index in [0.29, 0.717) is 30.4 Å². The van der Waals surface area contributed by atoms with Crippen LogP contribution in [0.2, 0.25) is 0 Å². The Bertz CT molecular complexity index is 506. The molecule has 1 aliphatic carbocycles. The molecular formula is C13H22N2O2S2. The summed E-state index contributed by atoms with van der Waals surface area (Å²) in [7, 11) is -1.49. The highest BCUT2D eigenvalue weighted by Crippen LogP contribution is 2.30. The summed E-state index contributed by atoms with van der Waals surface area (Å²) in [6.07, 6.45) is 3.57. The fourth-order valence-corrected chi connectivity index (χ4v) is 5.30. The third-order valence-corrected chi connectivity index (χ3v) is 6.77. The topological polar surface area (TPSA) is 49.4 Å². The average Bonchev–Trinajstić information content (AvgIpc) is 2.77. The van der Waals surface area contributed by atoms with Gasteiger partial charge in [0.05, 0.1) is 4.90 Å². The molecule has 0 bridgehead atoms. The molecule has 1 aromatic rings. The monoisotopic (exact) mass is 302 g/mol. The predicted molar refractivity (Wildman–Crippen MR) is 78.9 cm³/mol. The number of nitrogens with zero attached hydrogens (tertiary/aromatic N) is 1. The van der Waals surface area contributed by atoms with Crippen molar-refractivity contribution in [2.75, 3.05) is 20.1 Å². The van der Waals surface area contributed by atoms with Crippen LogP contribution >= 0.6 is 11.3 Å². The molecule has 0 aromatic carbocycles. The van der Waals surface area contributed by atoms with Crippen LogP contribution in [-0.2, 0) is 16.6 Å². The van der Waals surface area contributed by atoms with Crippen LogP contribution in [0.1, 0.15) is 31.1 Å². The smallest absolute Gasteiger partial charge is 0.244 e. The van der Waals surface area contributed by atoms with Crippen LogP contribution in [0.4, 0.5) is 0 Å². The first-order valence-electron chi connectivity index (χ1n) is 6.80. The van der Waals surface area contributed by atoms with Crippen molar-refractivity contribution in [1.82, 2.24) is 9.62 Å². The number of rotatable bonds is 7. The molecule has 1 heterocycles. The van der Waals surface area contributed by atoms with E-state index in [2.05, 4.69) is 5.32 Å². The van der Waals surface area contributed by atoms with E-state index in [1.54, 1.807) is 10.4 Å². The van der Waals surface area contributed by atoms with E-state index in [9.17, 15) is 8.42 Å². The Hall–Kier alpha value is -0.430. The highest BCUT2D eigenvalue weighted by Gasteiger charge is 2.30. The highest BCUT2D eigenvalue weighted by molar-refractivity contribution is 7.89. The molecule has 0 spiro atoms. The van der Waals surface area contributed by atoms with Gasteiger partial charge in [-0.3, -0.25) is 0 Å². The Kier molecular flexibility index (Phi) is 5.00. The average molecular weight is 302 g/mol. The third-order valence-electron chi connectivity index (χ3n) is 3.70. The van der Waals surface area contributed by atoms with Gasteiger partial charge in [-0.25, -0.2) is 8.42 Å². The maximum Gasteiger partial charge on any atom is 0.244 e. The van der Waals surface area contributed by atoms with Crippen LogP contribution in [0.3, 0.4) is 0 Å². The van der Waals surface area contributed by atoms with E-state index in [-0.39, 0.29) is 0 Å². The van der Waals surface area contributed by atoms with Crippen LogP contribution in [0, 0.1) is 5.92 Å². The van der Waals surface area contributed by atoms with Crippen LogP contribution < -0.4 is 5.32 Å². The van der Waals surface area contributed by atoms with E-state index < -0.39 is 10.0 Å². The second-order valence-corrected chi connectivity index (χ2v) is 7.90. The summed E-state index contributed by atoms with van der Waals surface area (Å²) in [5.41, 5.74) is 0. The summed E-state index contributed by atoms with van der Waals surface area (Å²) < 4.78 is 27.0. The lowest BCUT2D eigenvalue weighted by Gasteiger charge is -2.31. The largest absolute Gasteiger partial charge is 0.315 e. The van der Waals surface area contributed by atoms with Gasteiger partial charge in [0.15, 0.2) is 0 Å². The van der Waals surface area contributed by atoms with Crippen molar-refractivity contribution in [3.05, 3.63) is 16.3 Å². The molecule has 6 heteroatoms. The minimum atomic E-state index is -3.33. The van der Waals surface area contributed by atoms with Crippen molar-refractivity contribution < 1.29 is 8.42 Å². The molecule has 1 fully saturated rings. The first kappa shape index (κ1) is 15.0. The Morgan fingerprint density at radius 2 is 2.21 bits per heavy atom. The van der Waals surface area contributed by atoms with Gasteiger partial charge in [-0.15, -0.1) is 11.3 Å². The molecule has 1 N–H and O–H groups in total. The molecule has 0 saturated heterocycles. The highest BCUT2D eigenvalue weighted by atomic mass is 32.2. The standard InChI is InChI=1S/C13H22N2O2S2/c1-3-15(10-11-5-4-6-11)19(16,17)13-7-8-18-12(13)9-14-2/h7-8,11,14H,3-6,9-10H2,1-2H3. The number of hydrogen-bond donors (Lipinski definition) is 1. The van der Waals surface area contributed by atoms with Gasteiger partial charge in [0.2, 0.25) is 10.0 Å². The van der Waals surface area contributed by atoms with Crippen molar-refractivity contribution in [3.63, 3.8) is 0 Å². The molecule has 108 valence electrons. The lowest BCUT2D eigenvalue weighted by molar-refractivity contribution is 0.250. The molecule has 1 aromatic heterocycles. The minimum absolute atomic E-state index is 0.480. The van der Waals surface area contributed by atoms with Gasteiger partial charge < -0.3 is 5.32 Å². The van der Waals surface area contributed by atoms with E-state index in [1.807, 2.05) is 19.4 Å². The van der Waals surface area contributed by atoms with Crippen molar-refractivity contribution in [3.8, 4) is 0 Å². The SMILES string of the molecule is CCN(CC1CCC1)S(=O)(=O)c1ccsc1CNC. The number of thiophene rings is 1. The summed E-state index contributed by atoms with van der Waals surface area (Å²) in [5.74, 6) is 0.557. The first-order chi connectivity index (χ1) is 9.09. The van der Waals surface area contributed by atoms with Crippen LogP contribution in [-0.4, -0.2) is 32.9 Å². The van der Waals surface area contributed by atoms with Crippen molar-refractivity contribution in [2.45, 2.75) is 37.6 Å². The van der Waals surface area contributed by atoms with Gasteiger partial charge in [-0.1, -0.05) is 13.3 Å². The normalized spacial score (nSPS) is 16.8.